The van der Waals surface area contributed by atoms with Gasteiger partial charge in [0.2, 0.25) is 0 Å². The molecule has 0 unspecified atom stereocenters. The van der Waals surface area contributed by atoms with Crippen LogP contribution in [-0.4, -0.2) is 42.0 Å². The number of nitrogens with zero attached hydrogens (tertiary/aromatic N) is 2. The number of carbonyl (C=O) groups is 1. The Morgan fingerprint density at radius 2 is 2.00 bits per heavy atom. The van der Waals surface area contributed by atoms with E-state index in [9.17, 15) is 4.79 Å². The third-order valence-corrected chi connectivity index (χ3v) is 6.57. The molecule has 2 aromatic heterocycles. The number of hydrogen-bond donors (Lipinski definition) is 2. The van der Waals surface area contributed by atoms with Gasteiger partial charge in [0.05, 0.1) is 9.58 Å². The first-order chi connectivity index (χ1) is 12.2. The number of benzene rings is 1. The van der Waals surface area contributed by atoms with Crippen molar-refractivity contribution in [1.29, 1.82) is 0 Å². The van der Waals surface area contributed by atoms with Crippen LogP contribution in [0, 0.1) is 0 Å². The van der Waals surface area contributed by atoms with Gasteiger partial charge in [-0.3, -0.25) is 4.79 Å². The highest BCUT2D eigenvalue weighted by Gasteiger charge is 2.24. The van der Waals surface area contributed by atoms with Crippen LogP contribution in [0.4, 0.5) is 10.8 Å². The summed E-state index contributed by atoms with van der Waals surface area (Å²) in [4.78, 5) is 21.0. The molecule has 0 saturated carbocycles. The monoisotopic (exact) mass is 372 g/mol. The summed E-state index contributed by atoms with van der Waals surface area (Å²) in [6, 6.07) is 12.3. The van der Waals surface area contributed by atoms with Crippen molar-refractivity contribution in [3.05, 3.63) is 41.3 Å². The second-order valence-corrected chi connectivity index (χ2v) is 8.25. The minimum atomic E-state index is 0.111. The maximum Gasteiger partial charge on any atom is 0.264 e. The summed E-state index contributed by atoms with van der Waals surface area (Å²) >= 11 is 3.07. The Bertz CT molecular complexity index is 836. The van der Waals surface area contributed by atoms with Crippen molar-refractivity contribution in [1.82, 2.24) is 15.2 Å². The number of hydrogen-bond acceptors (Lipinski definition) is 6. The van der Waals surface area contributed by atoms with Gasteiger partial charge >= 0.3 is 0 Å². The second kappa shape index (κ2) is 7.11. The Kier molecular flexibility index (Phi) is 4.70. The number of amides is 1. The van der Waals surface area contributed by atoms with Crippen molar-refractivity contribution in [2.75, 3.05) is 25.5 Å². The van der Waals surface area contributed by atoms with Crippen LogP contribution in [-0.2, 0) is 0 Å². The van der Waals surface area contributed by atoms with Crippen LogP contribution in [0.3, 0.4) is 0 Å². The number of nitrogens with one attached hydrogen (secondary N) is 2. The van der Waals surface area contributed by atoms with E-state index in [0.29, 0.717) is 6.04 Å². The molecule has 7 heteroatoms. The lowest BCUT2D eigenvalue weighted by Crippen LogP contribution is -2.43. The van der Waals surface area contributed by atoms with Crippen LogP contribution >= 0.6 is 22.7 Å². The highest BCUT2D eigenvalue weighted by Crippen LogP contribution is 2.34. The van der Waals surface area contributed by atoms with E-state index in [1.807, 2.05) is 48.3 Å². The molecule has 5 nitrogen and oxygen atoms in total. The van der Waals surface area contributed by atoms with Gasteiger partial charge in [0.15, 0.2) is 5.13 Å². The molecule has 2 N–H and O–H groups in total. The second-order valence-electron chi connectivity index (χ2n) is 6.19. The summed E-state index contributed by atoms with van der Waals surface area (Å²) in [7, 11) is 1.92. The van der Waals surface area contributed by atoms with E-state index in [4.69, 9.17) is 0 Å². The van der Waals surface area contributed by atoms with Crippen molar-refractivity contribution >= 4 is 48.9 Å². The van der Waals surface area contributed by atoms with Gasteiger partial charge in [0.25, 0.3) is 5.91 Å². The Morgan fingerprint density at radius 3 is 2.72 bits per heavy atom. The molecule has 25 heavy (non-hydrogen) atoms. The molecule has 1 fully saturated rings. The van der Waals surface area contributed by atoms with Gasteiger partial charge in [-0.2, -0.15) is 0 Å². The summed E-state index contributed by atoms with van der Waals surface area (Å²) in [6.45, 7) is 1.97. The molecule has 1 aromatic carbocycles. The number of para-hydroxylation sites is 1. The maximum absolute atomic E-state index is 12.8. The number of rotatable bonds is 4. The molecule has 0 spiro atoms. The van der Waals surface area contributed by atoms with E-state index >= 15 is 0 Å². The SMILES string of the molecule is CN(C(=O)c1cc2sc(Nc3ccccc3)nc2s1)C1CCNCC1. The lowest BCUT2D eigenvalue weighted by molar-refractivity contribution is 0.0708. The van der Waals surface area contributed by atoms with Gasteiger partial charge in [0.1, 0.15) is 4.83 Å². The highest BCUT2D eigenvalue weighted by atomic mass is 32.1. The van der Waals surface area contributed by atoms with Crippen molar-refractivity contribution in [2.24, 2.45) is 0 Å². The molecule has 1 aliphatic rings. The molecule has 3 aromatic rings. The minimum absolute atomic E-state index is 0.111. The zero-order chi connectivity index (χ0) is 17.2. The number of piperidine rings is 1. The number of fused-ring (bicyclic) bond motifs is 1. The molecule has 0 radical (unpaired) electrons. The van der Waals surface area contributed by atoms with Crippen LogP contribution in [0.5, 0.6) is 0 Å². The molecule has 0 atom stereocenters. The average molecular weight is 373 g/mol. The largest absolute Gasteiger partial charge is 0.338 e. The van der Waals surface area contributed by atoms with Crippen LogP contribution in [0.15, 0.2) is 36.4 Å². The summed E-state index contributed by atoms with van der Waals surface area (Å²) < 4.78 is 1.06. The molecule has 0 bridgehead atoms. The van der Waals surface area contributed by atoms with E-state index in [0.717, 1.165) is 51.2 Å². The van der Waals surface area contributed by atoms with Gasteiger partial charge in [-0.1, -0.05) is 29.5 Å². The van der Waals surface area contributed by atoms with Gasteiger partial charge in [0, 0.05) is 18.8 Å². The molecule has 130 valence electrons. The van der Waals surface area contributed by atoms with E-state index in [1.54, 1.807) is 11.3 Å². The lowest BCUT2D eigenvalue weighted by atomic mass is 10.1. The van der Waals surface area contributed by atoms with Crippen LogP contribution in [0.2, 0.25) is 0 Å². The number of carbonyl (C=O) groups excluding carboxylic acids is 1. The standard InChI is InChI=1S/C18H20N4OS2/c1-22(13-7-9-19-10-8-13)17(23)15-11-14-16(24-15)21-18(25-14)20-12-5-3-2-4-6-12/h2-6,11,13,19H,7-10H2,1H3,(H,20,21). The number of thiazole rings is 1. The third kappa shape index (κ3) is 3.53. The number of thiophene rings is 1. The molecule has 1 aliphatic heterocycles. The quantitative estimate of drug-likeness (QED) is 0.729. The van der Waals surface area contributed by atoms with Crippen molar-refractivity contribution in [3.8, 4) is 0 Å². The summed E-state index contributed by atoms with van der Waals surface area (Å²) in [5, 5.41) is 7.51. The fourth-order valence-corrected chi connectivity index (χ4v) is 5.19. The van der Waals surface area contributed by atoms with Crippen molar-refractivity contribution in [3.63, 3.8) is 0 Å². The topological polar surface area (TPSA) is 57.3 Å². The summed E-state index contributed by atoms with van der Waals surface area (Å²) in [5.41, 5.74) is 1.02. The minimum Gasteiger partial charge on any atom is -0.338 e. The molecular formula is C18H20N4OS2. The normalized spacial score (nSPS) is 15.4. The Morgan fingerprint density at radius 1 is 1.24 bits per heavy atom. The highest BCUT2D eigenvalue weighted by molar-refractivity contribution is 7.29. The Labute approximate surface area is 154 Å². The van der Waals surface area contributed by atoms with Crippen molar-refractivity contribution in [2.45, 2.75) is 18.9 Å². The lowest BCUT2D eigenvalue weighted by Gasteiger charge is -2.31. The van der Waals surface area contributed by atoms with Crippen molar-refractivity contribution < 1.29 is 4.79 Å². The zero-order valence-electron chi connectivity index (χ0n) is 14.0. The predicted molar refractivity (Wildman–Crippen MR) is 105 cm³/mol. The Balaban J connectivity index is 1.49. The molecule has 1 saturated heterocycles. The zero-order valence-corrected chi connectivity index (χ0v) is 15.6. The summed E-state index contributed by atoms with van der Waals surface area (Å²) in [6.07, 6.45) is 2.04. The molecular weight excluding hydrogens is 352 g/mol. The van der Waals surface area contributed by atoms with Gasteiger partial charge in [-0.05, 0) is 44.1 Å². The van der Waals surface area contributed by atoms with Crippen LogP contribution < -0.4 is 10.6 Å². The van der Waals surface area contributed by atoms with Gasteiger partial charge in [-0.15, -0.1) is 11.3 Å². The fourth-order valence-electron chi connectivity index (χ4n) is 3.07. The maximum atomic E-state index is 12.8. The van der Waals surface area contributed by atoms with E-state index in [1.165, 1.54) is 11.3 Å². The van der Waals surface area contributed by atoms with Crippen LogP contribution in [0.1, 0.15) is 22.5 Å². The number of anilines is 2. The molecule has 1 amide bonds. The predicted octanol–water partition coefficient (Wildman–Crippen LogP) is 3.93. The molecule has 0 aliphatic carbocycles. The Hall–Kier alpha value is -1.96. The first kappa shape index (κ1) is 16.5. The smallest absolute Gasteiger partial charge is 0.264 e. The average Bonchev–Trinajstić information content (AvgIpc) is 3.20. The fraction of sp³-hybridized carbons (Fsp3) is 0.333. The van der Waals surface area contributed by atoms with Gasteiger partial charge in [-0.25, -0.2) is 4.98 Å². The number of aromatic nitrogens is 1. The molecule has 3 heterocycles. The first-order valence-electron chi connectivity index (χ1n) is 8.41. The van der Waals surface area contributed by atoms with Gasteiger partial charge < -0.3 is 15.5 Å². The van der Waals surface area contributed by atoms with E-state index in [-0.39, 0.29) is 5.91 Å². The van der Waals surface area contributed by atoms with E-state index in [2.05, 4.69) is 15.6 Å². The third-order valence-electron chi connectivity index (χ3n) is 4.50. The van der Waals surface area contributed by atoms with E-state index < -0.39 is 0 Å². The molecule has 4 rings (SSSR count). The first-order valence-corrected chi connectivity index (χ1v) is 10.0. The summed E-state index contributed by atoms with van der Waals surface area (Å²) in [5.74, 6) is 0.111. The van der Waals surface area contributed by atoms with Crippen LogP contribution in [0.25, 0.3) is 9.53 Å².